The zero-order valence-corrected chi connectivity index (χ0v) is 12.5. The number of nitrogens with zero attached hydrogens (tertiary/aromatic N) is 1. The molecule has 0 aliphatic heterocycles. The SMILES string of the molecule is CCN(CC(=O)NC(C)(C)C(=O)OC)c1ccccc1. The number of carbonyl (C=O) groups is 2. The van der Waals surface area contributed by atoms with Gasteiger partial charge in [-0.2, -0.15) is 0 Å². The van der Waals surface area contributed by atoms with E-state index < -0.39 is 11.5 Å². The maximum absolute atomic E-state index is 12.1. The molecule has 1 aromatic rings. The molecule has 0 radical (unpaired) electrons. The summed E-state index contributed by atoms with van der Waals surface area (Å²) in [4.78, 5) is 25.5. The van der Waals surface area contributed by atoms with E-state index in [0.717, 1.165) is 5.69 Å². The molecule has 0 atom stereocenters. The van der Waals surface area contributed by atoms with Crippen LogP contribution in [0, 0.1) is 0 Å². The van der Waals surface area contributed by atoms with Gasteiger partial charge >= 0.3 is 5.97 Å². The highest BCUT2D eigenvalue weighted by Gasteiger charge is 2.30. The number of methoxy groups -OCH3 is 1. The van der Waals surface area contributed by atoms with Crippen LogP contribution in [-0.4, -0.2) is 37.6 Å². The van der Waals surface area contributed by atoms with E-state index in [1.807, 2.05) is 42.2 Å². The van der Waals surface area contributed by atoms with Gasteiger partial charge in [-0.1, -0.05) is 18.2 Å². The van der Waals surface area contributed by atoms with Crippen molar-refractivity contribution >= 4 is 17.6 Å². The van der Waals surface area contributed by atoms with Crippen LogP contribution >= 0.6 is 0 Å². The number of hydrogen-bond donors (Lipinski definition) is 1. The highest BCUT2D eigenvalue weighted by Crippen LogP contribution is 2.12. The standard InChI is InChI=1S/C15H22N2O3/c1-5-17(12-9-7-6-8-10-12)11-13(18)16-15(2,3)14(19)20-4/h6-10H,5,11H2,1-4H3,(H,16,18). The van der Waals surface area contributed by atoms with Gasteiger partial charge in [0, 0.05) is 12.2 Å². The maximum atomic E-state index is 12.1. The smallest absolute Gasteiger partial charge is 0.330 e. The van der Waals surface area contributed by atoms with Crippen LogP contribution in [0.3, 0.4) is 0 Å². The average Bonchev–Trinajstić information content (AvgIpc) is 2.44. The first-order chi connectivity index (χ1) is 9.40. The maximum Gasteiger partial charge on any atom is 0.330 e. The molecule has 0 aliphatic rings. The van der Waals surface area contributed by atoms with E-state index in [1.54, 1.807) is 13.8 Å². The Balaban J connectivity index is 2.67. The largest absolute Gasteiger partial charge is 0.467 e. The van der Waals surface area contributed by atoms with Gasteiger partial charge in [0.25, 0.3) is 0 Å². The molecular formula is C15H22N2O3. The number of para-hydroxylation sites is 1. The van der Waals surface area contributed by atoms with Crippen molar-refractivity contribution in [3.05, 3.63) is 30.3 Å². The monoisotopic (exact) mass is 278 g/mol. The lowest BCUT2D eigenvalue weighted by molar-refractivity contribution is -0.149. The Morgan fingerprint density at radius 2 is 1.85 bits per heavy atom. The molecule has 5 nitrogen and oxygen atoms in total. The van der Waals surface area contributed by atoms with Gasteiger partial charge in [-0.25, -0.2) is 4.79 Å². The number of ether oxygens (including phenoxy) is 1. The fourth-order valence-corrected chi connectivity index (χ4v) is 1.89. The van der Waals surface area contributed by atoms with Gasteiger partial charge in [0.05, 0.1) is 13.7 Å². The highest BCUT2D eigenvalue weighted by atomic mass is 16.5. The number of amides is 1. The van der Waals surface area contributed by atoms with E-state index in [-0.39, 0.29) is 12.5 Å². The Bertz CT molecular complexity index is 457. The first kappa shape index (κ1) is 16.0. The van der Waals surface area contributed by atoms with Crippen LogP contribution in [0.25, 0.3) is 0 Å². The Kier molecular flexibility index (Phi) is 5.55. The summed E-state index contributed by atoms with van der Waals surface area (Å²) in [5.41, 5.74) is -0.0527. The number of anilines is 1. The lowest BCUT2D eigenvalue weighted by Gasteiger charge is -2.27. The molecule has 110 valence electrons. The summed E-state index contributed by atoms with van der Waals surface area (Å²) in [6.07, 6.45) is 0. The first-order valence-corrected chi connectivity index (χ1v) is 6.60. The Hall–Kier alpha value is -2.04. The highest BCUT2D eigenvalue weighted by molar-refractivity contribution is 5.89. The molecule has 0 spiro atoms. The van der Waals surface area contributed by atoms with Crippen molar-refractivity contribution in [2.75, 3.05) is 25.1 Å². The minimum Gasteiger partial charge on any atom is -0.467 e. The van der Waals surface area contributed by atoms with Gasteiger partial charge < -0.3 is 15.0 Å². The molecule has 0 aromatic heterocycles. The molecular weight excluding hydrogens is 256 g/mol. The molecule has 20 heavy (non-hydrogen) atoms. The van der Waals surface area contributed by atoms with Crippen molar-refractivity contribution in [1.82, 2.24) is 5.32 Å². The Labute approximate surface area is 119 Å². The van der Waals surface area contributed by atoms with Gasteiger partial charge in [-0.05, 0) is 32.9 Å². The molecule has 0 saturated heterocycles. The summed E-state index contributed by atoms with van der Waals surface area (Å²) in [6, 6.07) is 9.67. The van der Waals surface area contributed by atoms with E-state index in [0.29, 0.717) is 6.54 Å². The van der Waals surface area contributed by atoms with Gasteiger partial charge in [-0.3, -0.25) is 4.79 Å². The number of likely N-dealkylation sites (N-methyl/N-ethyl adjacent to an activating group) is 1. The van der Waals surface area contributed by atoms with Crippen molar-refractivity contribution in [1.29, 1.82) is 0 Å². The number of nitrogens with one attached hydrogen (secondary N) is 1. The second-order valence-corrected chi connectivity index (χ2v) is 5.01. The number of carbonyl (C=O) groups excluding carboxylic acids is 2. The van der Waals surface area contributed by atoms with Crippen molar-refractivity contribution in [3.8, 4) is 0 Å². The molecule has 0 bridgehead atoms. The van der Waals surface area contributed by atoms with E-state index in [4.69, 9.17) is 0 Å². The van der Waals surface area contributed by atoms with Crippen molar-refractivity contribution in [3.63, 3.8) is 0 Å². The van der Waals surface area contributed by atoms with Gasteiger partial charge in [0.15, 0.2) is 0 Å². The van der Waals surface area contributed by atoms with Gasteiger partial charge in [0.2, 0.25) is 5.91 Å². The van der Waals surface area contributed by atoms with Crippen molar-refractivity contribution < 1.29 is 14.3 Å². The minimum atomic E-state index is -1.03. The summed E-state index contributed by atoms with van der Waals surface area (Å²) in [7, 11) is 1.30. The number of esters is 1. The number of rotatable bonds is 6. The fraction of sp³-hybridized carbons (Fsp3) is 0.467. The predicted octanol–water partition coefficient (Wildman–Crippen LogP) is 1.58. The zero-order chi connectivity index (χ0) is 15.2. The zero-order valence-electron chi connectivity index (χ0n) is 12.5. The Morgan fingerprint density at radius 3 is 2.35 bits per heavy atom. The number of benzene rings is 1. The first-order valence-electron chi connectivity index (χ1n) is 6.60. The second-order valence-electron chi connectivity index (χ2n) is 5.01. The Morgan fingerprint density at radius 1 is 1.25 bits per heavy atom. The topological polar surface area (TPSA) is 58.6 Å². The fourth-order valence-electron chi connectivity index (χ4n) is 1.89. The predicted molar refractivity (Wildman–Crippen MR) is 78.6 cm³/mol. The lowest BCUT2D eigenvalue weighted by Crippen LogP contribution is -2.53. The van der Waals surface area contributed by atoms with E-state index in [2.05, 4.69) is 10.1 Å². The van der Waals surface area contributed by atoms with E-state index >= 15 is 0 Å². The quantitative estimate of drug-likeness (QED) is 0.803. The summed E-state index contributed by atoms with van der Waals surface area (Å²) >= 11 is 0. The average molecular weight is 278 g/mol. The van der Waals surface area contributed by atoms with Crippen molar-refractivity contribution in [2.24, 2.45) is 0 Å². The third-order valence-corrected chi connectivity index (χ3v) is 2.99. The molecule has 1 aromatic carbocycles. The summed E-state index contributed by atoms with van der Waals surface area (Å²) in [5.74, 6) is -0.681. The molecule has 1 N–H and O–H groups in total. The van der Waals surface area contributed by atoms with Gasteiger partial charge in [0.1, 0.15) is 5.54 Å². The van der Waals surface area contributed by atoms with Crippen LogP contribution < -0.4 is 10.2 Å². The van der Waals surface area contributed by atoms with Crippen LogP contribution in [0.4, 0.5) is 5.69 Å². The van der Waals surface area contributed by atoms with Crippen LogP contribution in [0.15, 0.2) is 30.3 Å². The molecule has 0 aliphatic carbocycles. The van der Waals surface area contributed by atoms with E-state index in [1.165, 1.54) is 7.11 Å². The lowest BCUT2D eigenvalue weighted by atomic mass is 10.1. The summed E-state index contributed by atoms with van der Waals surface area (Å²) in [6.45, 7) is 6.12. The molecule has 1 rings (SSSR count). The molecule has 1 amide bonds. The molecule has 0 saturated carbocycles. The normalized spacial score (nSPS) is 10.8. The third-order valence-electron chi connectivity index (χ3n) is 2.99. The van der Waals surface area contributed by atoms with E-state index in [9.17, 15) is 9.59 Å². The molecule has 0 heterocycles. The number of hydrogen-bond acceptors (Lipinski definition) is 4. The summed E-state index contributed by atoms with van der Waals surface area (Å²) in [5, 5.41) is 2.69. The molecule has 5 heteroatoms. The van der Waals surface area contributed by atoms with Gasteiger partial charge in [-0.15, -0.1) is 0 Å². The second kappa shape index (κ2) is 6.93. The molecule has 0 unspecified atom stereocenters. The minimum absolute atomic E-state index is 0.195. The molecule has 0 fully saturated rings. The summed E-state index contributed by atoms with van der Waals surface area (Å²) < 4.78 is 4.66. The van der Waals surface area contributed by atoms with Crippen LogP contribution in [0.5, 0.6) is 0 Å². The third kappa shape index (κ3) is 4.26. The van der Waals surface area contributed by atoms with Crippen LogP contribution in [-0.2, 0) is 14.3 Å². The van der Waals surface area contributed by atoms with Crippen LogP contribution in [0.1, 0.15) is 20.8 Å². The van der Waals surface area contributed by atoms with Crippen molar-refractivity contribution in [2.45, 2.75) is 26.3 Å². The van der Waals surface area contributed by atoms with Crippen LogP contribution in [0.2, 0.25) is 0 Å².